The van der Waals surface area contributed by atoms with Crippen LogP contribution in [0.25, 0.3) is 0 Å². The van der Waals surface area contributed by atoms with Crippen LogP contribution in [-0.4, -0.2) is 12.0 Å². The largest absolute Gasteiger partial charge is 0.478 e. The van der Waals surface area contributed by atoms with Crippen molar-refractivity contribution >= 4 is 5.91 Å². The van der Waals surface area contributed by atoms with Gasteiger partial charge in [-0.25, -0.2) is 14.6 Å². The molecule has 1 unspecified atom stereocenters. The van der Waals surface area contributed by atoms with Crippen molar-refractivity contribution in [2.75, 3.05) is 0 Å². The van der Waals surface area contributed by atoms with Gasteiger partial charge in [0.1, 0.15) is 5.82 Å². The molecule has 3 N–H and O–H groups in total. The molecule has 6 heteroatoms. The summed E-state index contributed by atoms with van der Waals surface area (Å²) >= 11 is 0. The lowest BCUT2D eigenvalue weighted by molar-refractivity contribution is -0.127. The van der Waals surface area contributed by atoms with Gasteiger partial charge < -0.3 is 4.74 Å². The van der Waals surface area contributed by atoms with Crippen molar-refractivity contribution in [2.45, 2.75) is 13.0 Å². The normalized spacial score (nSPS) is 12.0. The number of hydrogen-bond acceptors (Lipinski definition) is 3. The molecule has 0 aliphatic carbocycles. The Balaban J connectivity index is 2.76. The molecule has 0 saturated heterocycles. The van der Waals surface area contributed by atoms with E-state index in [1.54, 1.807) is 0 Å². The number of halogens is 2. The smallest absolute Gasteiger partial charge is 0.274 e. The van der Waals surface area contributed by atoms with Crippen LogP contribution in [0, 0.1) is 11.6 Å². The lowest BCUT2D eigenvalue weighted by atomic mass is 10.3. The highest BCUT2D eigenvalue weighted by molar-refractivity contribution is 5.80. The maximum atomic E-state index is 13.1. The first kappa shape index (κ1) is 11.4. The van der Waals surface area contributed by atoms with Gasteiger partial charge in [0, 0.05) is 6.07 Å². The summed E-state index contributed by atoms with van der Waals surface area (Å²) in [5, 5.41) is 0. The first-order chi connectivity index (χ1) is 7.04. The number of nitrogens with two attached hydrogens (primary N) is 1. The van der Waals surface area contributed by atoms with Crippen molar-refractivity contribution in [3.8, 4) is 5.75 Å². The Labute approximate surface area is 85.0 Å². The number of nitrogens with one attached hydrogen (secondary N) is 1. The number of benzene rings is 1. The van der Waals surface area contributed by atoms with Gasteiger partial charge in [-0.15, -0.1) is 0 Å². The van der Waals surface area contributed by atoms with Crippen LogP contribution in [0.2, 0.25) is 0 Å². The minimum absolute atomic E-state index is 0.201. The standard InChI is InChI=1S/C9H10F2N2O2/c1-5(9(14)13-12)15-8-3-2-6(10)4-7(8)11/h2-5H,12H2,1H3,(H,13,14). The third-order valence-electron chi connectivity index (χ3n) is 1.71. The topological polar surface area (TPSA) is 64.3 Å². The van der Waals surface area contributed by atoms with E-state index in [4.69, 9.17) is 10.6 Å². The van der Waals surface area contributed by atoms with Crippen molar-refractivity contribution in [2.24, 2.45) is 5.84 Å². The Bertz CT molecular complexity index is 371. The molecule has 1 amide bonds. The zero-order valence-electron chi connectivity index (χ0n) is 7.96. The van der Waals surface area contributed by atoms with E-state index < -0.39 is 23.6 Å². The Morgan fingerprint density at radius 2 is 2.20 bits per heavy atom. The van der Waals surface area contributed by atoms with Crippen LogP contribution in [0.15, 0.2) is 18.2 Å². The molecule has 1 aromatic carbocycles. The van der Waals surface area contributed by atoms with Crippen molar-refractivity contribution in [3.05, 3.63) is 29.8 Å². The summed E-state index contributed by atoms with van der Waals surface area (Å²) < 4.78 is 30.5. The van der Waals surface area contributed by atoms with Crippen LogP contribution in [0.4, 0.5) is 8.78 Å². The first-order valence-corrected chi connectivity index (χ1v) is 4.16. The molecule has 0 fully saturated rings. The summed E-state index contributed by atoms with van der Waals surface area (Å²) in [6.07, 6.45) is -0.949. The monoisotopic (exact) mass is 216 g/mol. The molecular weight excluding hydrogens is 206 g/mol. The summed E-state index contributed by atoms with van der Waals surface area (Å²) in [6, 6.07) is 2.80. The second-order valence-electron chi connectivity index (χ2n) is 2.84. The van der Waals surface area contributed by atoms with E-state index in [1.165, 1.54) is 6.92 Å². The summed E-state index contributed by atoms with van der Waals surface area (Å²) in [7, 11) is 0. The van der Waals surface area contributed by atoms with E-state index in [-0.39, 0.29) is 5.75 Å². The summed E-state index contributed by atoms with van der Waals surface area (Å²) in [5.74, 6) is 2.47. The summed E-state index contributed by atoms with van der Waals surface area (Å²) in [4.78, 5) is 10.9. The average Bonchev–Trinajstić information content (AvgIpc) is 2.20. The molecule has 15 heavy (non-hydrogen) atoms. The van der Waals surface area contributed by atoms with Crippen LogP contribution in [0.3, 0.4) is 0 Å². The highest BCUT2D eigenvalue weighted by Gasteiger charge is 2.15. The van der Waals surface area contributed by atoms with Gasteiger partial charge in [-0.3, -0.25) is 10.2 Å². The molecule has 0 spiro atoms. The number of ether oxygens (including phenoxy) is 1. The van der Waals surface area contributed by atoms with Crippen LogP contribution in [0.1, 0.15) is 6.92 Å². The third-order valence-corrected chi connectivity index (χ3v) is 1.71. The predicted octanol–water partition coefficient (Wildman–Crippen LogP) is 0.722. The summed E-state index contributed by atoms with van der Waals surface area (Å²) in [5.41, 5.74) is 1.86. The SMILES string of the molecule is CC(Oc1ccc(F)cc1F)C(=O)NN. The minimum atomic E-state index is -0.949. The lowest BCUT2D eigenvalue weighted by Gasteiger charge is -2.13. The molecule has 1 aromatic rings. The molecule has 1 rings (SSSR count). The van der Waals surface area contributed by atoms with Gasteiger partial charge in [-0.1, -0.05) is 0 Å². The maximum Gasteiger partial charge on any atom is 0.274 e. The maximum absolute atomic E-state index is 13.1. The fraction of sp³-hybridized carbons (Fsp3) is 0.222. The van der Waals surface area contributed by atoms with E-state index in [0.717, 1.165) is 12.1 Å². The quantitative estimate of drug-likeness (QED) is 0.444. The fourth-order valence-corrected chi connectivity index (χ4v) is 0.932. The van der Waals surface area contributed by atoms with Crippen LogP contribution in [-0.2, 0) is 4.79 Å². The summed E-state index contributed by atoms with van der Waals surface area (Å²) in [6.45, 7) is 1.39. The van der Waals surface area contributed by atoms with Crippen LogP contribution in [0.5, 0.6) is 5.75 Å². The van der Waals surface area contributed by atoms with Gasteiger partial charge in [0.15, 0.2) is 17.7 Å². The molecule has 0 bridgehead atoms. The van der Waals surface area contributed by atoms with E-state index in [9.17, 15) is 13.6 Å². The zero-order chi connectivity index (χ0) is 11.4. The lowest BCUT2D eigenvalue weighted by Crippen LogP contribution is -2.40. The van der Waals surface area contributed by atoms with E-state index in [0.29, 0.717) is 6.07 Å². The molecule has 0 heterocycles. The molecule has 0 aliphatic rings. The Hall–Kier alpha value is -1.69. The van der Waals surface area contributed by atoms with Gasteiger partial charge in [0.05, 0.1) is 0 Å². The number of carbonyl (C=O) groups excluding carboxylic acids is 1. The molecule has 0 aliphatic heterocycles. The van der Waals surface area contributed by atoms with E-state index >= 15 is 0 Å². The second-order valence-corrected chi connectivity index (χ2v) is 2.84. The molecule has 0 radical (unpaired) electrons. The minimum Gasteiger partial charge on any atom is -0.478 e. The van der Waals surface area contributed by atoms with Crippen LogP contribution >= 0.6 is 0 Å². The number of hydrogen-bond donors (Lipinski definition) is 2. The Morgan fingerprint density at radius 1 is 1.53 bits per heavy atom. The van der Waals surface area contributed by atoms with Gasteiger partial charge in [-0.2, -0.15) is 0 Å². The molecule has 0 aromatic heterocycles. The van der Waals surface area contributed by atoms with E-state index in [2.05, 4.69) is 0 Å². The molecular formula is C9H10F2N2O2. The first-order valence-electron chi connectivity index (χ1n) is 4.16. The van der Waals surface area contributed by atoms with Crippen molar-refractivity contribution < 1.29 is 18.3 Å². The number of carbonyl (C=O) groups is 1. The fourth-order valence-electron chi connectivity index (χ4n) is 0.932. The van der Waals surface area contributed by atoms with Crippen molar-refractivity contribution in [1.29, 1.82) is 0 Å². The average molecular weight is 216 g/mol. The molecule has 1 atom stereocenters. The Morgan fingerprint density at radius 3 is 2.73 bits per heavy atom. The number of hydrazine groups is 1. The van der Waals surface area contributed by atoms with Gasteiger partial charge in [0.25, 0.3) is 5.91 Å². The Kier molecular flexibility index (Phi) is 3.56. The van der Waals surface area contributed by atoms with Crippen molar-refractivity contribution in [1.82, 2.24) is 5.43 Å². The van der Waals surface area contributed by atoms with E-state index in [1.807, 2.05) is 5.43 Å². The highest BCUT2D eigenvalue weighted by Crippen LogP contribution is 2.18. The predicted molar refractivity (Wildman–Crippen MR) is 48.8 cm³/mol. The number of amides is 1. The van der Waals surface area contributed by atoms with Crippen molar-refractivity contribution in [3.63, 3.8) is 0 Å². The molecule has 0 saturated carbocycles. The number of rotatable bonds is 3. The molecule has 4 nitrogen and oxygen atoms in total. The molecule has 82 valence electrons. The second kappa shape index (κ2) is 4.70. The zero-order valence-corrected chi connectivity index (χ0v) is 7.96. The van der Waals surface area contributed by atoms with Gasteiger partial charge >= 0.3 is 0 Å². The van der Waals surface area contributed by atoms with Crippen LogP contribution < -0.4 is 16.0 Å². The van der Waals surface area contributed by atoms with Gasteiger partial charge in [0.2, 0.25) is 0 Å². The third kappa shape index (κ3) is 2.88. The van der Waals surface area contributed by atoms with Gasteiger partial charge in [-0.05, 0) is 19.1 Å². The highest BCUT2D eigenvalue weighted by atomic mass is 19.1.